The number of benzene rings is 1. The fraction of sp³-hybridized carbons (Fsp3) is 0.143. The zero-order valence-corrected chi connectivity index (χ0v) is 10.1. The summed E-state index contributed by atoms with van der Waals surface area (Å²) in [6, 6.07) is 6.16. The Balaban J connectivity index is 1.87. The number of fused-ring (bicyclic) bond motifs is 1. The highest BCUT2D eigenvalue weighted by Gasteiger charge is 2.08. The number of nitrogens with zero attached hydrogens (tertiary/aromatic N) is 3. The Bertz CT molecular complexity index is 707. The number of hydrogen-bond donors (Lipinski definition) is 0. The highest BCUT2D eigenvalue weighted by molar-refractivity contribution is 5.75. The first-order chi connectivity index (χ1) is 9.24. The summed E-state index contributed by atoms with van der Waals surface area (Å²) in [6.45, 7) is 0.658. The summed E-state index contributed by atoms with van der Waals surface area (Å²) in [5.74, 6) is -1.72. The molecular weight excluding hydrogens is 248 g/mol. The van der Waals surface area contributed by atoms with E-state index in [1.54, 1.807) is 18.7 Å². The molecule has 3 rings (SSSR count). The summed E-state index contributed by atoms with van der Waals surface area (Å²) in [5, 5.41) is 0. The Labute approximate surface area is 108 Å². The van der Waals surface area contributed by atoms with E-state index in [1.807, 2.05) is 16.7 Å². The predicted molar refractivity (Wildman–Crippen MR) is 67.6 cm³/mol. The summed E-state index contributed by atoms with van der Waals surface area (Å²) < 4.78 is 28.1. The molecule has 3 nitrogen and oxygen atoms in total. The van der Waals surface area contributed by atoms with Crippen molar-refractivity contribution in [3.63, 3.8) is 0 Å². The Morgan fingerprint density at radius 1 is 1.05 bits per heavy atom. The monoisotopic (exact) mass is 259 g/mol. The lowest BCUT2D eigenvalue weighted by Crippen LogP contribution is -2.00. The van der Waals surface area contributed by atoms with Crippen LogP contribution >= 0.6 is 0 Å². The number of pyridine rings is 1. The van der Waals surface area contributed by atoms with Gasteiger partial charge in [0.2, 0.25) is 0 Å². The molecule has 0 aliphatic rings. The van der Waals surface area contributed by atoms with Gasteiger partial charge in [-0.15, -0.1) is 0 Å². The number of imidazole rings is 1. The van der Waals surface area contributed by atoms with Crippen LogP contribution in [0.15, 0.2) is 43.0 Å². The van der Waals surface area contributed by atoms with E-state index >= 15 is 0 Å². The molecule has 5 heteroatoms. The van der Waals surface area contributed by atoms with Gasteiger partial charge in [0.1, 0.15) is 0 Å². The van der Waals surface area contributed by atoms with Crippen LogP contribution in [0.3, 0.4) is 0 Å². The fourth-order valence-corrected chi connectivity index (χ4v) is 2.03. The van der Waals surface area contributed by atoms with Crippen LogP contribution in [0.2, 0.25) is 0 Å². The standard InChI is InChI=1S/C14H11F2N3/c15-11-7-13-14(8-12(11)16)19(9-18-13)6-3-10-1-4-17-5-2-10/h1-2,4-5,7-9H,3,6H2. The highest BCUT2D eigenvalue weighted by Crippen LogP contribution is 2.17. The van der Waals surface area contributed by atoms with Crippen LogP contribution in [-0.4, -0.2) is 14.5 Å². The summed E-state index contributed by atoms with van der Waals surface area (Å²) in [7, 11) is 0. The summed E-state index contributed by atoms with van der Waals surface area (Å²) in [6.07, 6.45) is 5.85. The van der Waals surface area contributed by atoms with Gasteiger partial charge in [-0.25, -0.2) is 13.8 Å². The number of hydrogen-bond acceptors (Lipinski definition) is 2. The van der Waals surface area contributed by atoms with E-state index in [9.17, 15) is 8.78 Å². The molecular formula is C14H11F2N3. The number of aromatic nitrogens is 3. The fourth-order valence-electron chi connectivity index (χ4n) is 2.03. The third kappa shape index (κ3) is 2.31. The van der Waals surface area contributed by atoms with Crippen LogP contribution in [0.5, 0.6) is 0 Å². The predicted octanol–water partition coefficient (Wildman–Crippen LogP) is 2.95. The summed E-state index contributed by atoms with van der Waals surface area (Å²) >= 11 is 0. The largest absolute Gasteiger partial charge is 0.330 e. The second kappa shape index (κ2) is 4.76. The van der Waals surface area contributed by atoms with E-state index in [2.05, 4.69) is 9.97 Å². The number of rotatable bonds is 3. The van der Waals surface area contributed by atoms with E-state index in [1.165, 1.54) is 6.07 Å². The molecule has 0 saturated heterocycles. The van der Waals surface area contributed by atoms with Crippen LogP contribution in [0.4, 0.5) is 8.78 Å². The molecule has 0 unspecified atom stereocenters. The lowest BCUT2D eigenvalue weighted by molar-refractivity contribution is 0.510. The van der Waals surface area contributed by atoms with Gasteiger partial charge >= 0.3 is 0 Å². The molecule has 0 spiro atoms. The van der Waals surface area contributed by atoms with Gasteiger partial charge in [0, 0.05) is 31.1 Å². The minimum absolute atomic E-state index is 0.466. The zero-order valence-electron chi connectivity index (χ0n) is 10.1. The van der Waals surface area contributed by atoms with E-state index < -0.39 is 11.6 Å². The van der Waals surface area contributed by atoms with Gasteiger partial charge in [0.05, 0.1) is 17.4 Å². The third-order valence-electron chi connectivity index (χ3n) is 3.05. The van der Waals surface area contributed by atoms with Crippen molar-refractivity contribution < 1.29 is 8.78 Å². The van der Waals surface area contributed by atoms with E-state index in [4.69, 9.17) is 0 Å². The van der Waals surface area contributed by atoms with Crippen molar-refractivity contribution in [1.82, 2.24) is 14.5 Å². The second-order valence-electron chi connectivity index (χ2n) is 4.30. The quantitative estimate of drug-likeness (QED) is 0.724. The molecule has 0 fully saturated rings. The Morgan fingerprint density at radius 3 is 2.58 bits per heavy atom. The van der Waals surface area contributed by atoms with Gasteiger partial charge in [0.15, 0.2) is 11.6 Å². The normalized spacial score (nSPS) is 11.1. The van der Waals surface area contributed by atoms with Gasteiger partial charge in [0.25, 0.3) is 0 Å². The summed E-state index contributed by atoms with van der Waals surface area (Å²) in [5.41, 5.74) is 2.21. The van der Waals surface area contributed by atoms with Crippen molar-refractivity contribution in [1.29, 1.82) is 0 Å². The van der Waals surface area contributed by atoms with Crippen LogP contribution in [0, 0.1) is 11.6 Å². The van der Waals surface area contributed by atoms with Crippen LogP contribution in [0.1, 0.15) is 5.56 Å². The average molecular weight is 259 g/mol. The zero-order chi connectivity index (χ0) is 13.2. The van der Waals surface area contributed by atoms with Crippen molar-refractivity contribution in [3.05, 3.63) is 60.2 Å². The van der Waals surface area contributed by atoms with Crippen molar-refractivity contribution in [2.24, 2.45) is 0 Å². The molecule has 0 aliphatic carbocycles. The molecule has 96 valence electrons. The minimum Gasteiger partial charge on any atom is -0.330 e. The first-order valence-electron chi connectivity index (χ1n) is 5.93. The van der Waals surface area contributed by atoms with Crippen molar-refractivity contribution in [2.45, 2.75) is 13.0 Å². The molecule has 1 aromatic carbocycles. The first-order valence-corrected chi connectivity index (χ1v) is 5.93. The Hall–Kier alpha value is -2.30. The van der Waals surface area contributed by atoms with Gasteiger partial charge in [-0.3, -0.25) is 4.98 Å². The SMILES string of the molecule is Fc1cc2ncn(CCc3ccncc3)c2cc1F. The van der Waals surface area contributed by atoms with Gasteiger partial charge < -0.3 is 4.57 Å². The topological polar surface area (TPSA) is 30.7 Å². The average Bonchev–Trinajstić information content (AvgIpc) is 2.80. The molecule has 19 heavy (non-hydrogen) atoms. The van der Waals surface area contributed by atoms with Crippen LogP contribution < -0.4 is 0 Å². The van der Waals surface area contributed by atoms with Crippen molar-refractivity contribution in [2.75, 3.05) is 0 Å². The molecule has 0 amide bonds. The van der Waals surface area contributed by atoms with Crippen LogP contribution in [0.25, 0.3) is 11.0 Å². The molecule has 2 aromatic heterocycles. The van der Waals surface area contributed by atoms with E-state index in [0.29, 0.717) is 17.6 Å². The smallest absolute Gasteiger partial charge is 0.161 e. The van der Waals surface area contributed by atoms with Crippen molar-refractivity contribution >= 4 is 11.0 Å². The minimum atomic E-state index is -0.869. The molecule has 3 aromatic rings. The Morgan fingerprint density at radius 2 is 1.79 bits per heavy atom. The van der Waals surface area contributed by atoms with E-state index in [-0.39, 0.29) is 0 Å². The molecule has 0 aliphatic heterocycles. The molecule has 2 heterocycles. The maximum absolute atomic E-state index is 13.2. The molecule has 0 atom stereocenters. The molecule has 0 radical (unpaired) electrons. The maximum atomic E-state index is 13.2. The van der Waals surface area contributed by atoms with Gasteiger partial charge in [-0.2, -0.15) is 0 Å². The van der Waals surface area contributed by atoms with Crippen molar-refractivity contribution in [3.8, 4) is 0 Å². The lowest BCUT2D eigenvalue weighted by atomic mass is 10.2. The van der Waals surface area contributed by atoms with Gasteiger partial charge in [-0.05, 0) is 24.1 Å². The lowest BCUT2D eigenvalue weighted by Gasteiger charge is -2.04. The number of aryl methyl sites for hydroxylation is 2. The maximum Gasteiger partial charge on any atom is 0.161 e. The van der Waals surface area contributed by atoms with Gasteiger partial charge in [-0.1, -0.05) is 0 Å². The van der Waals surface area contributed by atoms with E-state index in [0.717, 1.165) is 18.1 Å². The Kier molecular flexibility index (Phi) is 2.95. The highest BCUT2D eigenvalue weighted by atomic mass is 19.2. The van der Waals surface area contributed by atoms with Crippen LogP contribution in [-0.2, 0) is 13.0 Å². The molecule has 0 bridgehead atoms. The first kappa shape index (κ1) is 11.8. The number of halogens is 2. The third-order valence-corrected chi connectivity index (χ3v) is 3.05. The summed E-state index contributed by atoms with van der Waals surface area (Å²) in [4.78, 5) is 8.03. The second-order valence-corrected chi connectivity index (χ2v) is 4.30. The molecule has 0 saturated carbocycles. The molecule has 0 N–H and O–H groups in total.